The van der Waals surface area contributed by atoms with Crippen molar-refractivity contribution in [1.82, 2.24) is 19.7 Å². The largest absolute Gasteiger partial charge is 0.374 e. The molecule has 0 aromatic carbocycles. The predicted octanol–water partition coefficient (Wildman–Crippen LogP) is 2.53. The topological polar surface area (TPSA) is 64.9 Å². The summed E-state index contributed by atoms with van der Waals surface area (Å²) >= 11 is 1.75. The number of aromatic nitrogens is 4. The van der Waals surface area contributed by atoms with E-state index in [-0.39, 0.29) is 6.10 Å². The van der Waals surface area contributed by atoms with Crippen molar-refractivity contribution in [3.8, 4) is 0 Å². The number of fused-ring (bicyclic) bond motifs is 1. The van der Waals surface area contributed by atoms with Crippen LogP contribution in [0.5, 0.6) is 0 Å². The van der Waals surface area contributed by atoms with E-state index in [0.29, 0.717) is 6.54 Å². The number of hydrogen-bond donors (Lipinski definition) is 1. The van der Waals surface area contributed by atoms with Gasteiger partial charge in [0, 0.05) is 30.5 Å². The van der Waals surface area contributed by atoms with Crippen LogP contribution in [-0.2, 0) is 11.8 Å². The Balaban J connectivity index is 1.79. The zero-order chi connectivity index (χ0) is 14.8. The van der Waals surface area contributed by atoms with Gasteiger partial charge in [-0.05, 0) is 19.1 Å². The molecule has 3 aromatic heterocycles. The highest BCUT2D eigenvalue weighted by Crippen LogP contribution is 2.26. The number of anilines is 1. The number of ether oxygens (including phenoxy) is 1. The molecule has 0 aliphatic rings. The standard InChI is InChI=1S/C14H17N5OS/c1-9-4-5-12(21-9)11(20-3)7-15-13-10-6-18-19(2)14(10)17-8-16-13/h4-6,8,11H,7H2,1-3H3,(H,15,16,17). The van der Waals surface area contributed by atoms with Gasteiger partial charge in [0.2, 0.25) is 0 Å². The van der Waals surface area contributed by atoms with Crippen LogP contribution in [0.3, 0.4) is 0 Å². The van der Waals surface area contributed by atoms with E-state index in [0.717, 1.165) is 16.9 Å². The Morgan fingerprint density at radius 2 is 2.24 bits per heavy atom. The van der Waals surface area contributed by atoms with Gasteiger partial charge in [-0.2, -0.15) is 5.10 Å². The summed E-state index contributed by atoms with van der Waals surface area (Å²) in [6.07, 6.45) is 3.32. The van der Waals surface area contributed by atoms with Crippen LogP contribution < -0.4 is 5.32 Å². The van der Waals surface area contributed by atoms with E-state index < -0.39 is 0 Å². The molecule has 0 bridgehead atoms. The molecule has 0 aliphatic carbocycles. The molecule has 6 nitrogen and oxygen atoms in total. The Labute approximate surface area is 126 Å². The lowest BCUT2D eigenvalue weighted by molar-refractivity contribution is 0.117. The molecule has 0 aliphatic heterocycles. The Hall–Kier alpha value is -1.99. The van der Waals surface area contributed by atoms with Crippen LogP contribution in [0.4, 0.5) is 5.82 Å². The van der Waals surface area contributed by atoms with E-state index in [1.807, 2.05) is 7.05 Å². The van der Waals surface area contributed by atoms with Crippen LogP contribution >= 0.6 is 11.3 Å². The highest BCUT2D eigenvalue weighted by atomic mass is 32.1. The van der Waals surface area contributed by atoms with Crippen molar-refractivity contribution >= 4 is 28.2 Å². The van der Waals surface area contributed by atoms with Crippen molar-refractivity contribution in [3.05, 3.63) is 34.4 Å². The zero-order valence-corrected chi connectivity index (χ0v) is 13.0. The molecule has 1 atom stereocenters. The van der Waals surface area contributed by atoms with Crippen molar-refractivity contribution in [2.75, 3.05) is 19.0 Å². The zero-order valence-electron chi connectivity index (χ0n) is 12.2. The monoisotopic (exact) mass is 303 g/mol. The molecule has 3 aromatic rings. The maximum absolute atomic E-state index is 5.57. The van der Waals surface area contributed by atoms with Gasteiger partial charge in [-0.1, -0.05) is 0 Å². The first-order valence-corrected chi connectivity index (χ1v) is 7.46. The second-order valence-corrected chi connectivity index (χ2v) is 6.10. The van der Waals surface area contributed by atoms with E-state index >= 15 is 0 Å². The SMILES string of the molecule is COC(CNc1ncnc2c1cnn2C)c1ccc(C)s1. The number of nitrogens with one attached hydrogen (secondary N) is 1. The molecule has 21 heavy (non-hydrogen) atoms. The number of aryl methyl sites for hydroxylation is 2. The van der Waals surface area contributed by atoms with E-state index in [1.165, 1.54) is 9.75 Å². The van der Waals surface area contributed by atoms with Gasteiger partial charge in [-0.15, -0.1) is 11.3 Å². The molecule has 110 valence electrons. The van der Waals surface area contributed by atoms with E-state index in [9.17, 15) is 0 Å². The van der Waals surface area contributed by atoms with Crippen LogP contribution in [-0.4, -0.2) is 33.4 Å². The summed E-state index contributed by atoms with van der Waals surface area (Å²) in [7, 11) is 3.59. The van der Waals surface area contributed by atoms with Crippen molar-refractivity contribution in [2.24, 2.45) is 7.05 Å². The minimum Gasteiger partial charge on any atom is -0.374 e. The fraction of sp³-hybridized carbons (Fsp3) is 0.357. The van der Waals surface area contributed by atoms with E-state index in [4.69, 9.17) is 4.74 Å². The molecular formula is C14H17N5OS. The normalized spacial score (nSPS) is 12.7. The molecule has 3 heterocycles. The van der Waals surface area contributed by atoms with Gasteiger partial charge in [0.25, 0.3) is 0 Å². The lowest BCUT2D eigenvalue weighted by Crippen LogP contribution is -2.14. The third kappa shape index (κ3) is 2.74. The average Bonchev–Trinajstić information content (AvgIpc) is 3.07. The van der Waals surface area contributed by atoms with Crippen LogP contribution in [0.25, 0.3) is 11.0 Å². The van der Waals surface area contributed by atoms with Gasteiger partial charge in [0.15, 0.2) is 5.65 Å². The fourth-order valence-corrected chi connectivity index (χ4v) is 3.17. The van der Waals surface area contributed by atoms with Gasteiger partial charge in [0.05, 0.1) is 11.6 Å². The third-order valence-corrected chi connectivity index (χ3v) is 4.44. The molecule has 7 heteroatoms. The number of hydrogen-bond acceptors (Lipinski definition) is 6. The van der Waals surface area contributed by atoms with Crippen LogP contribution in [0.1, 0.15) is 15.9 Å². The quantitative estimate of drug-likeness (QED) is 0.784. The fourth-order valence-electron chi connectivity index (χ4n) is 2.22. The van der Waals surface area contributed by atoms with Crippen LogP contribution in [0.15, 0.2) is 24.7 Å². The van der Waals surface area contributed by atoms with Gasteiger partial charge in [-0.25, -0.2) is 9.97 Å². The number of rotatable bonds is 5. The second-order valence-electron chi connectivity index (χ2n) is 4.78. The average molecular weight is 303 g/mol. The summed E-state index contributed by atoms with van der Waals surface area (Å²) < 4.78 is 7.31. The second kappa shape index (κ2) is 5.79. The molecule has 0 saturated heterocycles. The Kier molecular flexibility index (Phi) is 3.85. The smallest absolute Gasteiger partial charge is 0.163 e. The van der Waals surface area contributed by atoms with Crippen molar-refractivity contribution in [2.45, 2.75) is 13.0 Å². The molecule has 1 N–H and O–H groups in total. The molecule has 1 unspecified atom stereocenters. The van der Waals surface area contributed by atoms with Gasteiger partial charge in [0.1, 0.15) is 18.2 Å². The first kappa shape index (κ1) is 14.0. The van der Waals surface area contributed by atoms with Crippen molar-refractivity contribution in [3.63, 3.8) is 0 Å². The van der Waals surface area contributed by atoms with E-state index in [2.05, 4.69) is 39.4 Å². The minimum absolute atomic E-state index is 0.00499. The summed E-state index contributed by atoms with van der Waals surface area (Å²) in [6.45, 7) is 2.75. The summed E-state index contributed by atoms with van der Waals surface area (Å²) in [5.41, 5.74) is 0.813. The Morgan fingerprint density at radius 1 is 1.38 bits per heavy atom. The minimum atomic E-state index is 0.00499. The lowest BCUT2D eigenvalue weighted by atomic mass is 10.2. The van der Waals surface area contributed by atoms with Gasteiger partial charge < -0.3 is 10.1 Å². The highest BCUT2D eigenvalue weighted by Gasteiger charge is 2.14. The molecule has 0 spiro atoms. The number of thiophene rings is 1. The number of methoxy groups -OCH3 is 1. The van der Waals surface area contributed by atoms with Crippen LogP contribution in [0.2, 0.25) is 0 Å². The van der Waals surface area contributed by atoms with Crippen LogP contribution in [0, 0.1) is 6.92 Å². The predicted molar refractivity (Wildman–Crippen MR) is 83.6 cm³/mol. The maximum atomic E-state index is 5.57. The molecule has 0 fully saturated rings. The molecule has 0 saturated carbocycles. The molecular weight excluding hydrogens is 286 g/mol. The Morgan fingerprint density at radius 3 is 2.95 bits per heavy atom. The van der Waals surface area contributed by atoms with Crippen molar-refractivity contribution < 1.29 is 4.74 Å². The maximum Gasteiger partial charge on any atom is 0.163 e. The van der Waals surface area contributed by atoms with Crippen molar-refractivity contribution in [1.29, 1.82) is 0 Å². The first-order chi connectivity index (χ1) is 10.2. The molecule has 0 amide bonds. The van der Waals surface area contributed by atoms with Gasteiger partial charge >= 0.3 is 0 Å². The third-order valence-electron chi connectivity index (χ3n) is 3.35. The lowest BCUT2D eigenvalue weighted by Gasteiger charge is -2.15. The summed E-state index contributed by atoms with van der Waals surface area (Å²) in [5, 5.41) is 8.46. The summed E-state index contributed by atoms with van der Waals surface area (Å²) in [6, 6.07) is 4.21. The molecule has 3 rings (SSSR count). The summed E-state index contributed by atoms with van der Waals surface area (Å²) in [4.78, 5) is 11.0. The van der Waals surface area contributed by atoms with E-state index in [1.54, 1.807) is 35.7 Å². The first-order valence-electron chi connectivity index (χ1n) is 6.64. The Bertz CT molecular complexity index is 751. The highest BCUT2D eigenvalue weighted by molar-refractivity contribution is 7.12. The summed E-state index contributed by atoms with van der Waals surface area (Å²) in [5.74, 6) is 0.781. The van der Waals surface area contributed by atoms with Gasteiger partial charge in [-0.3, -0.25) is 4.68 Å². The molecule has 0 radical (unpaired) electrons. The number of nitrogens with zero attached hydrogens (tertiary/aromatic N) is 4.